The first kappa shape index (κ1) is 14.5. The number of hydrogen-bond donors (Lipinski definition) is 0. The van der Waals surface area contributed by atoms with Gasteiger partial charge in [0, 0.05) is 45.2 Å². The zero-order valence-corrected chi connectivity index (χ0v) is 12.5. The Kier molecular flexibility index (Phi) is 4.87. The van der Waals surface area contributed by atoms with Crippen molar-refractivity contribution in [3.8, 4) is 0 Å². The van der Waals surface area contributed by atoms with Gasteiger partial charge in [-0.2, -0.15) is 5.10 Å². The summed E-state index contributed by atoms with van der Waals surface area (Å²) in [6.07, 6.45) is 7.35. The van der Waals surface area contributed by atoms with Crippen LogP contribution in [0, 0.1) is 0 Å². The van der Waals surface area contributed by atoms with E-state index in [1.807, 2.05) is 17.2 Å². The monoisotopic (exact) mass is 292 g/mol. The van der Waals surface area contributed by atoms with Crippen LogP contribution in [0.15, 0.2) is 18.5 Å². The maximum atomic E-state index is 12.3. The maximum Gasteiger partial charge on any atom is 0.244 e. The van der Waals surface area contributed by atoms with Crippen LogP contribution in [0.5, 0.6) is 0 Å². The predicted molar refractivity (Wildman–Crippen MR) is 78.8 cm³/mol. The minimum Gasteiger partial charge on any atom is -0.377 e. The molecule has 2 aliphatic heterocycles. The van der Waals surface area contributed by atoms with Gasteiger partial charge in [0.1, 0.15) is 6.54 Å². The second kappa shape index (κ2) is 7.04. The fourth-order valence-electron chi connectivity index (χ4n) is 3.11. The standard InChI is InChI=1S/C15H24N4O2/c20-15(13-19-8-2-5-16-19)18-7-3-6-17(9-10-18)12-14-4-1-11-21-14/h2,5,8,14H,1,3-4,6-7,9-13H2. The van der Waals surface area contributed by atoms with Crippen LogP contribution >= 0.6 is 0 Å². The summed E-state index contributed by atoms with van der Waals surface area (Å²) in [5.74, 6) is 0.165. The molecule has 0 aliphatic carbocycles. The molecule has 0 N–H and O–H groups in total. The first-order valence-electron chi connectivity index (χ1n) is 7.90. The van der Waals surface area contributed by atoms with Crippen LogP contribution in [0.3, 0.4) is 0 Å². The fraction of sp³-hybridized carbons (Fsp3) is 0.733. The van der Waals surface area contributed by atoms with Gasteiger partial charge in [-0.1, -0.05) is 0 Å². The van der Waals surface area contributed by atoms with Gasteiger partial charge in [0.05, 0.1) is 6.10 Å². The molecule has 2 saturated heterocycles. The van der Waals surface area contributed by atoms with Gasteiger partial charge in [-0.3, -0.25) is 14.4 Å². The van der Waals surface area contributed by atoms with Crippen molar-refractivity contribution in [1.29, 1.82) is 0 Å². The highest BCUT2D eigenvalue weighted by Gasteiger charge is 2.23. The van der Waals surface area contributed by atoms with Gasteiger partial charge in [0.15, 0.2) is 0 Å². The Balaban J connectivity index is 1.47. The van der Waals surface area contributed by atoms with E-state index in [0.29, 0.717) is 12.6 Å². The molecule has 0 radical (unpaired) electrons. The van der Waals surface area contributed by atoms with Crippen molar-refractivity contribution in [3.05, 3.63) is 18.5 Å². The van der Waals surface area contributed by atoms with E-state index >= 15 is 0 Å². The summed E-state index contributed by atoms with van der Waals surface area (Å²) in [4.78, 5) is 16.7. The summed E-state index contributed by atoms with van der Waals surface area (Å²) in [6.45, 7) is 5.94. The van der Waals surface area contributed by atoms with Crippen molar-refractivity contribution < 1.29 is 9.53 Å². The van der Waals surface area contributed by atoms with Crippen LogP contribution < -0.4 is 0 Å². The predicted octanol–water partition coefficient (Wildman–Crippen LogP) is 0.596. The summed E-state index contributed by atoms with van der Waals surface area (Å²) in [6, 6.07) is 1.85. The summed E-state index contributed by atoms with van der Waals surface area (Å²) in [5, 5.41) is 4.10. The van der Waals surface area contributed by atoms with Gasteiger partial charge >= 0.3 is 0 Å². The molecule has 3 rings (SSSR count). The largest absolute Gasteiger partial charge is 0.377 e. The third-order valence-corrected chi connectivity index (χ3v) is 4.28. The Hall–Kier alpha value is -1.40. The number of aromatic nitrogens is 2. The van der Waals surface area contributed by atoms with E-state index < -0.39 is 0 Å². The molecule has 1 atom stereocenters. The summed E-state index contributed by atoms with van der Waals surface area (Å²) in [7, 11) is 0. The molecule has 1 aromatic heterocycles. The average molecular weight is 292 g/mol. The third-order valence-electron chi connectivity index (χ3n) is 4.28. The fourth-order valence-corrected chi connectivity index (χ4v) is 3.11. The van der Waals surface area contributed by atoms with Gasteiger partial charge in [-0.05, 0) is 31.9 Å². The van der Waals surface area contributed by atoms with Gasteiger partial charge in [0.25, 0.3) is 0 Å². The third kappa shape index (κ3) is 4.04. The molecule has 6 nitrogen and oxygen atoms in total. The lowest BCUT2D eigenvalue weighted by Crippen LogP contribution is -2.38. The Bertz CT molecular complexity index is 443. The molecule has 3 heterocycles. The number of nitrogens with zero attached hydrogens (tertiary/aromatic N) is 4. The topological polar surface area (TPSA) is 50.6 Å². The zero-order valence-electron chi connectivity index (χ0n) is 12.5. The van der Waals surface area contributed by atoms with Crippen LogP contribution in [-0.2, 0) is 16.1 Å². The number of hydrogen-bond acceptors (Lipinski definition) is 4. The SMILES string of the molecule is O=C(Cn1cccn1)N1CCCN(CC2CCCO2)CC1. The number of carbonyl (C=O) groups is 1. The zero-order chi connectivity index (χ0) is 14.5. The summed E-state index contributed by atoms with van der Waals surface area (Å²) < 4.78 is 7.40. The van der Waals surface area contributed by atoms with Crippen molar-refractivity contribution in [2.75, 3.05) is 39.3 Å². The number of rotatable bonds is 4. The molecular formula is C15H24N4O2. The Morgan fingerprint density at radius 1 is 1.24 bits per heavy atom. The lowest BCUT2D eigenvalue weighted by molar-refractivity contribution is -0.131. The Morgan fingerprint density at radius 3 is 2.95 bits per heavy atom. The summed E-state index contributed by atoms with van der Waals surface area (Å²) >= 11 is 0. The molecule has 0 aromatic carbocycles. The molecule has 2 fully saturated rings. The maximum absolute atomic E-state index is 12.3. The molecular weight excluding hydrogens is 268 g/mol. The number of amides is 1. The minimum atomic E-state index is 0.165. The molecule has 1 aromatic rings. The van der Waals surface area contributed by atoms with E-state index in [9.17, 15) is 4.79 Å². The highest BCUT2D eigenvalue weighted by Crippen LogP contribution is 2.14. The van der Waals surface area contributed by atoms with E-state index in [4.69, 9.17) is 4.74 Å². The molecule has 2 aliphatic rings. The van der Waals surface area contributed by atoms with E-state index in [-0.39, 0.29) is 5.91 Å². The van der Waals surface area contributed by atoms with Gasteiger partial charge in [0.2, 0.25) is 5.91 Å². The van der Waals surface area contributed by atoms with Crippen molar-refractivity contribution in [2.24, 2.45) is 0 Å². The minimum absolute atomic E-state index is 0.165. The van der Waals surface area contributed by atoms with Crippen LogP contribution in [0.25, 0.3) is 0 Å². The van der Waals surface area contributed by atoms with Crippen molar-refractivity contribution in [2.45, 2.75) is 31.9 Å². The first-order valence-corrected chi connectivity index (χ1v) is 7.90. The second-order valence-electron chi connectivity index (χ2n) is 5.87. The highest BCUT2D eigenvalue weighted by molar-refractivity contribution is 5.75. The normalized spacial score (nSPS) is 24.2. The number of ether oxygens (including phenoxy) is 1. The van der Waals surface area contributed by atoms with Crippen LogP contribution in [0.1, 0.15) is 19.3 Å². The second-order valence-corrected chi connectivity index (χ2v) is 5.87. The highest BCUT2D eigenvalue weighted by atomic mass is 16.5. The van der Waals surface area contributed by atoms with Crippen molar-refractivity contribution in [3.63, 3.8) is 0 Å². The quantitative estimate of drug-likeness (QED) is 0.815. The molecule has 0 spiro atoms. The summed E-state index contributed by atoms with van der Waals surface area (Å²) in [5.41, 5.74) is 0. The van der Waals surface area contributed by atoms with E-state index in [0.717, 1.165) is 45.8 Å². The lowest BCUT2D eigenvalue weighted by atomic mass is 10.2. The van der Waals surface area contributed by atoms with Gasteiger partial charge in [-0.25, -0.2) is 0 Å². The van der Waals surface area contributed by atoms with Crippen LogP contribution in [-0.4, -0.2) is 70.9 Å². The lowest BCUT2D eigenvalue weighted by Gasteiger charge is -2.24. The molecule has 1 unspecified atom stereocenters. The van der Waals surface area contributed by atoms with E-state index in [2.05, 4.69) is 10.00 Å². The van der Waals surface area contributed by atoms with E-state index in [1.165, 1.54) is 12.8 Å². The number of carbonyl (C=O) groups excluding carboxylic acids is 1. The molecule has 6 heteroatoms. The molecule has 0 saturated carbocycles. The average Bonchev–Trinajstić information content (AvgIpc) is 3.11. The molecule has 116 valence electrons. The Labute approximate surface area is 125 Å². The smallest absolute Gasteiger partial charge is 0.244 e. The van der Waals surface area contributed by atoms with Crippen molar-refractivity contribution in [1.82, 2.24) is 19.6 Å². The Morgan fingerprint density at radius 2 is 2.19 bits per heavy atom. The molecule has 0 bridgehead atoms. The van der Waals surface area contributed by atoms with Crippen LogP contribution in [0.2, 0.25) is 0 Å². The van der Waals surface area contributed by atoms with Crippen molar-refractivity contribution >= 4 is 5.91 Å². The van der Waals surface area contributed by atoms with Crippen LogP contribution in [0.4, 0.5) is 0 Å². The van der Waals surface area contributed by atoms with Gasteiger partial charge in [-0.15, -0.1) is 0 Å². The first-order chi connectivity index (χ1) is 10.3. The molecule has 21 heavy (non-hydrogen) atoms. The van der Waals surface area contributed by atoms with E-state index in [1.54, 1.807) is 10.9 Å². The van der Waals surface area contributed by atoms with Gasteiger partial charge < -0.3 is 9.64 Å². The molecule has 1 amide bonds.